The summed E-state index contributed by atoms with van der Waals surface area (Å²) in [5.74, 6) is 0.858. The predicted molar refractivity (Wildman–Crippen MR) is 78.3 cm³/mol. The van der Waals surface area contributed by atoms with Gasteiger partial charge in [-0.3, -0.25) is 4.99 Å². The summed E-state index contributed by atoms with van der Waals surface area (Å²) in [6.45, 7) is 3.65. The minimum atomic E-state index is 0. The first kappa shape index (κ1) is 13.8. The first-order valence-electron chi connectivity index (χ1n) is 5.32. The normalized spacial score (nSPS) is 17.4. The molecule has 1 aromatic rings. The molecule has 17 heavy (non-hydrogen) atoms. The molecule has 90 valence electrons. The summed E-state index contributed by atoms with van der Waals surface area (Å²) < 4.78 is 0. The minimum Gasteiger partial charge on any atom is -0.352 e. The Kier molecular flexibility index (Phi) is 5.22. The van der Waals surface area contributed by atoms with Gasteiger partial charge < -0.3 is 10.6 Å². The second-order valence-corrected chi connectivity index (χ2v) is 3.90. The molecular weight excluding hydrogens is 327 g/mol. The van der Waals surface area contributed by atoms with E-state index in [0.29, 0.717) is 11.6 Å². The second-order valence-electron chi connectivity index (χ2n) is 3.90. The topological polar surface area (TPSA) is 60.2 Å². The molecule has 0 saturated carbocycles. The number of halogens is 1. The maximum atomic E-state index is 8.67. The van der Waals surface area contributed by atoms with E-state index < -0.39 is 0 Å². The fourth-order valence-electron chi connectivity index (χ4n) is 1.54. The van der Waals surface area contributed by atoms with Gasteiger partial charge in [0.2, 0.25) is 0 Å². The van der Waals surface area contributed by atoms with Gasteiger partial charge in [0.1, 0.15) is 0 Å². The molecule has 1 unspecified atom stereocenters. The van der Waals surface area contributed by atoms with Crippen molar-refractivity contribution in [3.05, 3.63) is 35.4 Å². The average molecular weight is 342 g/mol. The van der Waals surface area contributed by atoms with Crippen molar-refractivity contribution in [2.24, 2.45) is 4.99 Å². The summed E-state index contributed by atoms with van der Waals surface area (Å²) in [4.78, 5) is 4.31. The van der Waals surface area contributed by atoms with Crippen molar-refractivity contribution in [3.8, 4) is 6.07 Å². The molecule has 1 heterocycles. The van der Waals surface area contributed by atoms with E-state index in [1.807, 2.05) is 24.3 Å². The van der Waals surface area contributed by atoms with E-state index in [1.54, 1.807) is 0 Å². The van der Waals surface area contributed by atoms with Crippen molar-refractivity contribution in [1.29, 1.82) is 5.26 Å². The summed E-state index contributed by atoms with van der Waals surface area (Å²) >= 11 is 0. The molecular formula is C12H15IN4. The zero-order chi connectivity index (χ0) is 11.4. The highest BCUT2D eigenvalue weighted by Gasteiger charge is 2.11. The van der Waals surface area contributed by atoms with Crippen LogP contribution < -0.4 is 10.6 Å². The predicted octanol–water partition coefficient (Wildman–Crippen LogP) is 1.61. The maximum absolute atomic E-state index is 8.67. The molecule has 1 aromatic carbocycles. The van der Waals surface area contributed by atoms with Gasteiger partial charge in [0, 0.05) is 12.6 Å². The lowest BCUT2D eigenvalue weighted by molar-refractivity contribution is 0.713. The molecule has 0 radical (unpaired) electrons. The first-order chi connectivity index (χ1) is 7.78. The van der Waals surface area contributed by atoms with Crippen molar-refractivity contribution < 1.29 is 0 Å². The Morgan fingerprint density at radius 3 is 2.71 bits per heavy atom. The van der Waals surface area contributed by atoms with Gasteiger partial charge in [-0.05, 0) is 24.6 Å². The van der Waals surface area contributed by atoms with E-state index >= 15 is 0 Å². The average Bonchev–Trinajstić information content (AvgIpc) is 2.73. The van der Waals surface area contributed by atoms with Crippen LogP contribution in [0.1, 0.15) is 18.1 Å². The number of guanidine groups is 1. The van der Waals surface area contributed by atoms with Crippen molar-refractivity contribution in [2.45, 2.75) is 19.5 Å². The van der Waals surface area contributed by atoms with E-state index in [0.717, 1.165) is 24.6 Å². The van der Waals surface area contributed by atoms with E-state index in [-0.39, 0.29) is 24.0 Å². The lowest BCUT2D eigenvalue weighted by Crippen LogP contribution is -2.37. The lowest BCUT2D eigenvalue weighted by Gasteiger charge is -2.08. The highest BCUT2D eigenvalue weighted by Crippen LogP contribution is 2.03. The van der Waals surface area contributed by atoms with Gasteiger partial charge in [-0.15, -0.1) is 24.0 Å². The van der Waals surface area contributed by atoms with Crippen LogP contribution in [0, 0.1) is 11.3 Å². The van der Waals surface area contributed by atoms with Gasteiger partial charge in [0.05, 0.1) is 18.2 Å². The number of nitrogens with one attached hydrogen (secondary N) is 2. The molecule has 2 rings (SSSR count). The molecule has 0 aliphatic carbocycles. The third kappa shape index (κ3) is 3.89. The molecule has 0 spiro atoms. The molecule has 1 aliphatic heterocycles. The Morgan fingerprint density at radius 1 is 1.47 bits per heavy atom. The van der Waals surface area contributed by atoms with Crippen LogP contribution in [-0.4, -0.2) is 18.5 Å². The SMILES string of the molecule is CC1CN=C(NCc2ccc(C#N)cc2)N1.I. The molecule has 5 heteroatoms. The zero-order valence-electron chi connectivity index (χ0n) is 9.60. The number of nitrogens with zero attached hydrogens (tertiary/aromatic N) is 2. The van der Waals surface area contributed by atoms with Crippen molar-refractivity contribution >= 4 is 29.9 Å². The third-order valence-electron chi connectivity index (χ3n) is 2.45. The fourth-order valence-corrected chi connectivity index (χ4v) is 1.54. The molecule has 0 bridgehead atoms. The standard InChI is InChI=1S/C12H14N4.HI/c1-9-7-14-12(16-9)15-8-11-4-2-10(6-13)3-5-11;/h2-5,9H,7-8H2,1H3,(H2,14,15,16);1H. The molecule has 0 amide bonds. The highest BCUT2D eigenvalue weighted by atomic mass is 127. The summed E-state index contributed by atoms with van der Waals surface area (Å²) in [7, 11) is 0. The van der Waals surface area contributed by atoms with E-state index in [4.69, 9.17) is 5.26 Å². The quantitative estimate of drug-likeness (QED) is 0.803. The first-order valence-corrected chi connectivity index (χ1v) is 5.32. The Morgan fingerprint density at radius 2 is 2.18 bits per heavy atom. The largest absolute Gasteiger partial charge is 0.352 e. The molecule has 0 aromatic heterocycles. The van der Waals surface area contributed by atoms with Gasteiger partial charge in [0.25, 0.3) is 0 Å². The van der Waals surface area contributed by atoms with Crippen molar-refractivity contribution in [3.63, 3.8) is 0 Å². The molecule has 0 saturated heterocycles. The summed E-state index contributed by atoms with van der Waals surface area (Å²) in [6, 6.07) is 10.1. The monoisotopic (exact) mass is 342 g/mol. The van der Waals surface area contributed by atoms with Crippen LogP contribution in [0.2, 0.25) is 0 Å². The Labute approximate surface area is 118 Å². The summed E-state index contributed by atoms with van der Waals surface area (Å²) in [5, 5.41) is 15.1. The van der Waals surface area contributed by atoms with Gasteiger partial charge >= 0.3 is 0 Å². The van der Waals surface area contributed by atoms with Crippen LogP contribution in [0.25, 0.3) is 0 Å². The van der Waals surface area contributed by atoms with Gasteiger partial charge in [-0.2, -0.15) is 5.26 Å². The number of hydrogen-bond acceptors (Lipinski definition) is 4. The zero-order valence-corrected chi connectivity index (χ0v) is 11.9. The van der Waals surface area contributed by atoms with Crippen LogP contribution in [0.5, 0.6) is 0 Å². The molecule has 2 N–H and O–H groups in total. The third-order valence-corrected chi connectivity index (χ3v) is 2.45. The molecule has 4 nitrogen and oxygen atoms in total. The number of rotatable bonds is 2. The number of benzene rings is 1. The Hall–Kier alpha value is -1.29. The van der Waals surface area contributed by atoms with Gasteiger partial charge in [0.15, 0.2) is 5.96 Å². The van der Waals surface area contributed by atoms with Crippen molar-refractivity contribution in [2.75, 3.05) is 6.54 Å². The van der Waals surface area contributed by atoms with Crippen LogP contribution >= 0.6 is 24.0 Å². The van der Waals surface area contributed by atoms with Crippen LogP contribution in [0.15, 0.2) is 29.3 Å². The fraction of sp³-hybridized carbons (Fsp3) is 0.333. The van der Waals surface area contributed by atoms with E-state index in [2.05, 4.69) is 28.6 Å². The van der Waals surface area contributed by atoms with Crippen LogP contribution in [0.4, 0.5) is 0 Å². The smallest absolute Gasteiger partial charge is 0.191 e. The van der Waals surface area contributed by atoms with Crippen LogP contribution in [0.3, 0.4) is 0 Å². The highest BCUT2D eigenvalue weighted by molar-refractivity contribution is 14.0. The number of aliphatic imine (C=N–C) groups is 1. The summed E-state index contributed by atoms with van der Waals surface area (Å²) in [6.07, 6.45) is 0. The minimum absolute atomic E-state index is 0. The van der Waals surface area contributed by atoms with Gasteiger partial charge in [-0.1, -0.05) is 12.1 Å². The van der Waals surface area contributed by atoms with Crippen LogP contribution in [-0.2, 0) is 6.54 Å². The van der Waals surface area contributed by atoms with Crippen molar-refractivity contribution in [1.82, 2.24) is 10.6 Å². The molecule has 1 aliphatic rings. The van der Waals surface area contributed by atoms with E-state index in [9.17, 15) is 0 Å². The second kappa shape index (κ2) is 6.45. The lowest BCUT2D eigenvalue weighted by atomic mass is 10.1. The Balaban J connectivity index is 0.00000144. The number of nitriles is 1. The van der Waals surface area contributed by atoms with E-state index in [1.165, 1.54) is 0 Å². The van der Waals surface area contributed by atoms with Gasteiger partial charge in [-0.25, -0.2) is 0 Å². The number of hydrogen-bond donors (Lipinski definition) is 2. The molecule has 0 fully saturated rings. The summed E-state index contributed by atoms with van der Waals surface area (Å²) in [5.41, 5.74) is 1.83. The molecule has 1 atom stereocenters. The maximum Gasteiger partial charge on any atom is 0.191 e. The Bertz CT molecular complexity index is 433.